The number of rotatable bonds is 7. The molecule has 1 saturated heterocycles. The normalized spacial score (nSPS) is 18.6. The number of carbonyl (C=O) groups excluding carboxylic acids is 1. The summed E-state index contributed by atoms with van der Waals surface area (Å²) >= 11 is 0. The van der Waals surface area contributed by atoms with Gasteiger partial charge >= 0.3 is 0 Å². The Morgan fingerprint density at radius 2 is 2.00 bits per heavy atom. The number of pyridine rings is 1. The number of amides is 1. The van der Waals surface area contributed by atoms with Crippen molar-refractivity contribution in [1.29, 1.82) is 0 Å². The van der Waals surface area contributed by atoms with Crippen molar-refractivity contribution in [1.82, 2.24) is 14.8 Å². The average Bonchev–Trinajstić information content (AvgIpc) is 3.12. The van der Waals surface area contributed by atoms with Crippen LogP contribution in [0, 0.1) is 0 Å². The van der Waals surface area contributed by atoms with Gasteiger partial charge in [-0.3, -0.25) is 19.5 Å². The second-order valence-corrected chi connectivity index (χ2v) is 8.26. The van der Waals surface area contributed by atoms with E-state index in [0.717, 1.165) is 44.8 Å². The maximum atomic E-state index is 13.6. The van der Waals surface area contributed by atoms with Gasteiger partial charge in [-0.25, -0.2) is 0 Å². The van der Waals surface area contributed by atoms with Gasteiger partial charge in [0.2, 0.25) is 5.76 Å². The summed E-state index contributed by atoms with van der Waals surface area (Å²) in [6.45, 7) is 7.04. The molecule has 0 radical (unpaired) electrons. The van der Waals surface area contributed by atoms with Gasteiger partial charge in [-0.05, 0) is 37.1 Å². The van der Waals surface area contributed by atoms with Gasteiger partial charge in [-0.2, -0.15) is 0 Å². The minimum Gasteiger partial charge on any atom is -0.494 e. The summed E-state index contributed by atoms with van der Waals surface area (Å²) in [7, 11) is 0. The highest BCUT2D eigenvalue weighted by atomic mass is 16.5. The van der Waals surface area contributed by atoms with Crippen molar-refractivity contribution in [3.63, 3.8) is 0 Å². The number of fused-ring (bicyclic) bond motifs is 2. The molecule has 2 aliphatic heterocycles. The highest BCUT2D eigenvalue weighted by molar-refractivity contribution is 5.99. The molecule has 0 bridgehead atoms. The second kappa shape index (κ2) is 9.33. The molecule has 0 saturated carbocycles. The minimum atomic E-state index is -0.516. The number of ether oxygens (including phenoxy) is 2. The lowest BCUT2D eigenvalue weighted by Crippen LogP contribution is -2.38. The molecule has 1 atom stereocenters. The van der Waals surface area contributed by atoms with E-state index in [1.807, 2.05) is 19.1 Å². The smallest absolute Gasteiger partial charge is 0.290 e. The number of aromatic nitrogens is 1. The van der Waals surface area contributed by atoms with Crippen LogP contribution in [-0.4, -0.2) is 66.7 Å². The van der Waals surface area contributed by atoms with Gasteiger partial charge in [0, 0.05) is 44.6 Å². The lowest BCUT2D eigenvalue weighted by Gasteiger charge is -2.29. The molecule has 1 amide bonds. The minimum absolute atomic E-state index is 0.112. The first-order valence-electron chi connectivity index (χ1n) is 11.4. The molecule has 2 aromatic heterocycles. The van der Waals surface area contributed by atoms with Crippen LogP contribution in [0.4, 0.5) is 0 Å². The van der Waals surface area contributed by atoms with Crippen molar-refractivity contribution < 1.29 is 18.7 Å². The van der Waals surface area contributed by atoms with Crippen LogP contribution in [0.3, 0.4) is 0 Å². The molecule has 5 rings (SSSR count). The first-order chi connectivity index (χ1) is 16.2. The van der Waals surface area contributed by atoms with E-state index in [2.05, 4.69) is 9.88 Å². The summed E-state index contributed by atoms with van der Waals surface area (Å²) in [6.07, 6.45) is 4.19. The third-order valence-electron chi connectivity index (χ3n) is 6.23. The van der Waals surface area contributed by atoms with Gasteiger partial charge in [0.25, 0.3) is 5.91 Å². The molecule has 2 aliphatic rings. The number of benzene rings is 1. The Labute approximate surface area is 191 Å². The van der Waals surface area contributed by atoms with E-state index in [1.165, 1.54) is 0 Å². The van der Waals surface area contributed by atoms with Crippen molar-refractivity contribution in [2.75, 3.05) is 46.0 Å². The monoisotopic (exact) mass is 449 g/mol. The predicted molar refractivity (Wildman–Crippen MR) is 123 cm³/mol. The predicted octanol–water partition coefficient (Wildman–Crippen LogP) is 2.85. The number of nitrogens with zero attached hydrogens (tertiary/aromatic N) is 3. The maximum Gasteiger partial charge on any atom is 0.290 e. The van der Waals surface area contributed by atoms with E-state index < -0.39 is 6.04 Å². The fourth-order valence-electron chi connectivity index (χ4n) is 4.66. The zero-order valence-electron chi connectivity index (χ0n) is 18.7. The summed E-state index contributed by atoms with van der Waals surface area (Å²) < 4.78 is 17.0. The van der Waals surface area contributed by atoms with Crippen LogP contribution in [0.1, 0.15) is 41.1 Å². The van der Waals surface area contributed by atoms with Gasteiger partial charge < -0.3 is 18.8 Å². The first kappa shape index (κ1) is 21.6. The number of morpholine rings is 1. The third kappa shape index (κ3) is 4.12. The van der Waals surface area contributed by atoms with Gasteiger partial charge in [0.15, 0.2) is 5.43 Å². The molecule has 3 aromatic rings. The zero-order valence-corrected chi connectivity index (χ0v) is 18.7. The second-order valence-electron chi connectivity index (χ2n) is 8.26. The Kier molecular flexibility index (Phi) is 6.11. The topological polar surface area (TPSA) is 85.1 Å². The summed E-state index contributed by atoms with van der Waals surface area (Å²) in [5, 5.41) is 0.439. The largest absolute Gasteiger partial charge is 0.494 e. The van der Waals surface area contributed by atoms with Crippen LogP contribution in [0.15, 0.2) is 51.9 Å². The Hall–Kier alpha value is -3.23. The molecule has 0 spiro atoms. The standard InChI is InChI=1S/C25H27N3O5/c1-2-32-18-6-7-19-20(15-18)33-24-21(23(19)29)22(17-5-3-8-26-16-17)28(25(24)30)10-4-9-27-11-13-31-14-12-27/h3,5-8,15-16,22H,2,4,9-14H2,1H3. The Bertz CT molecular complexity index is 1200. The SMILES string of the molecule is CCOc1ccc2c(=O)c3c(oc2c1)C(=O)N(CCCN1CCOCC1)C3c1cccnc1. The van der Waals surface area contributed by atoms with Crippen LogP contribution in [0.2, 0.25) is 0 Å². The molecule has 172 valence electrons. The highest BCUT2D eigenvalue weighted by Crippen LogP contribution is 2.38. The third-order valence-corrected chi connectivity index (χ3v) is 6.23. The number of hydrogen-bond donors (Lipinski definition) is 0. The Morgan fingerprint density at radius 1 is 1.15 bits per heavy atom. The first-order valence-corrected chi connectivity index (χ1v) is 11.4. The fourth-order valence-corrected chi connectivity index (χ4v) is 4.66. The molecule has 8 heteroatoms. The van der Waals surface area contributed by atoms with Crippen LogP contribution in [0.25, 0.3) is 11.0 Å². The van der Waals surface area contributed by atoms with Gasteiger partial charge in [0.1, 0.15) is 11.3 Å². The van der Waals surface area contributed by atoms with Crippen LogP contribution in [-0.2, 0) is 4.74 Å². The average molecular weight is 450 g/mol. The molecule has 1 unspecified atom stereocenters. The number of hydrogen-bond acceptors (Lipinski definition) is 7. The van der Waals surface area contributed by atoms with E-state index in [0.29, 0.717) is 35.4 Å². The quantitative estimate of drug-likeness (QED) is 0.548. The molecular formula is C25H27N3O5. The zero-order chi connectivity index (χ0) is 22.8. The van der Waals surface area contributed by atoms with Crippen molar-refractivity contribution in [3.05, 3.63) is 69.8 Å². The van der Waals surface area contributed by atoms with E-state index in [-0.39, 0.29) is 17.1 Å². The molecular weight excluding hydrogens is 422 g/mol. The number of carbonyl (C=O) groups is 1. The van der Waals surface area contributed by atoms with Crippen molar-refractivity contribution in [2.24, 2.45) is 0 Å². The summed E-state index contributed by atoms with van der Waals surface area (Å²) in [5.74, 6) is 0.452. The van der Waals surface area contributed by atoms with E-state index in [9.17, 15) is 9.59 Å². The Balaban J connectivity index is 1.51. The van der Waals surface area contributed by atoms with Gasteiger partial charge in [0.05, 0.1) is 36.8 Å². The van der Waals surface area contributed by atoms with Gasteiger partial charge in [-0.15, -0.1) is 0 Å². The molecule has 8 nitrogen and oxygen atoms in total. The van der Waals surface area contributed by atoms with Crippen molar-refractivity contribution >= 4 is 16.9 Å². The van der Waals surface area contributed by atoms with E-state index >= 15 is 0 Å². The lowest BCUT2D eigenvalue weighted by molar-refractivity contribution is 0.0353. The fraction of sp³-hybridized carbons (Fsp3) is 0.400. The maximum absolute atomic E-state index is 13.6. The van der Waals surface area contributed by atoms with Crippen LogP contribution < -0.4 is 10.2 Å². The molecule has 0 aliphatic carbocycles. The highest BCUT2D eigenvalue weighted by Gasteiger charge is 2.42. The molecule has 0 N–H and O–H groups in total. The molecule has 1 fully saturated rings. The van der Waals surface area contributed by atoms with Crippen LogP contribution in [0.5, 0.6) is 5.75 Å². The van der Waals surface area contributed by atoms with Crippen LogP contribution >= 0.6 is 0 Å². The lowest BCUT2D eigenvalue weighted by atomic mass is 10.00. The van der Waals surface area contributed by atoms with Crippen molar-refractivity contribution in [3.8, 4) is 5.75 Å². The van der Waals surface area contributed by atoms with Crippen molar-refractivity contribution in [2.45, 2.75) is 19.4 Å². The molecule has 4 heterocycles. The summed E-state index contributed by atoms with van der Waals surface area (Å²) in [4.78, 5) is 35.4. The Morgan fingerprint density at radius 3 is 2.76 bits per heavy atom. The molecule has 1 aromatic carbocycles. The summed E-state index contributed by atoms with van der Waals surface area (Å²) in [5.41, 5.74) is 1.36. The van der Waals surface area contributed by atoms with Gasteiger partial charge in [-0.1, -0.05) is 6.07 Å². The van der Waals surface area contributed by atoms with E-state index in [4.69, 9.17) is 13.9 Å². The van der Waals surface area contributed by atoms with E-state index in [1.54, 1.807) is 35.5 Å². The molecule has 33 heavy (non-hydrogen) atoms. The summed E-state index contributed by atoms with van der Waals surface area (Å²) in [6, 6.07) is 8.34.